The van der Waals surface area contributed by atoms with E-state index in [9.17, 15) is 4.79 Å². The first-order valence-electron chi connectivity index (χ1n) is 9.64. The molecule has 156 valence electrons. The van der Waals surface area contributed by atoms with Crippen molar-refractivity contribution in [1.82, 2.24) is 19.7 Å². The molecule has 0 spiro atoms. The molecule has 3 rings (SSSR count). The van der Waals surface area contributed by atoms with E-state index in [1.807, 2.05) is 55.5 Å². The average Bonchev–Trinajstić information content (AvgIpc) is 3.32. The van der Waals surface area contributed by atoms with Crippen molar-refractivity contribution in [2.24, 2.45) is 0 Å². The van der Waals surface area contributed by atoms with E-state index < -0.39 is 0 Å². The summed E-state index contributed by atoms with van der Waals surface area (Å²) in [5, 5.41) is 4.12. The summed E-state index contributed by atoms with van der Waals surface area (Å²) in [6.07, 6.45) is 5.70. The third-order valence-electron chi connectivity index (χ3n) is 4.99. The Balaban J connectivity index is 1.62. The van der Waals surface area contributed by atoms with Crippen LogP contribution >= 0.6 is 0 Å². The van der Waals surface area contributed by atoms with E-state index in [2.05, 4.69) is 16.7 Å². The first kappa shape index (κ1) is 21.1. The van der Waals surface area contributed by atoms with Crippen molar-refractivity contribution in [3.8, 4) is 17.2 Å². The van der Waals surface area contributed by atoms with Crippen molar-refractivity contribution in [2.75, 3.05) is 20.8 Å². The number of carbonyl (C=O) groups is 1. The lowest BCUT2D eigenvalue weighted by atomic mass is 10.1. The topological polar surface area (TPSA) is 69.5 Å². The SMILES string of the molecule is C=CCc1ccc(OCC(=O)N(C)[C@H](C)c2ccc(-n3cncn3)cc2)c(OC)c1. The molecule has 2 aromatic carbocycles. The predicted octanol–water partition coefficient (Wildman–Crippen LogP) is 3.60. The van der Waals surface area contributed by atoms with E-state index in [-0.39, 0.29) is 18.6 Å². The van der Waals surface area contributed by atoms with Gasteiger partial charge < -0.3 is 14.4 Å². The van der Waals surface area contributed by atoms with Gasteiger partial charge in [0.2, 0.25) is 0 Å². The number of hydrogen-bond acceptors (Lipinski definition) is 5. The molecule has 0 radical (unpaired) electrons. The molecule has 0 saturated carbocycles. The van der Waals surface area contributed by atoms with Crippen LogP contribution in [0.2, 0.25) is 0 Å². The van der Waals surface area contributed by atoms with Crippen LogP contribution in [0.5, 0.6) is 11.5 Å². The van der Waals surface area contributed by atoms with Crippen LogP contribution in [-0.4, -0.2) is 46.3 Å². The number of methoxy groups -OCH3 is 1. The van der Waals surface area contributed by atoms with Crippen LogP contribution in [0.4, 0.5) is 0 Å². The summed E-state index contributed by atoms with van der Waals surface area (Å²) in [6, 6.07) is 13.4. The molecule has 30 heavy (non-hydrogen) atoms. The van der Waals surface area contributed by atoms with Gasteiger partial charge >= 0.3 is 0 Å². The van der Waals surface area contributed by atoms with Gasteiger partial charge in [0.1, 0.15) is 12.7 Å². The van der Waals surface area contributed by atoms with Crippen molar-refractivity contribution in [3.63, 3.8) is 0 Å². The minimum absolute atomic E-state index is 0.0744. The molecule has 7 nitrogen and oxygen atoms in total. The maximum absolute atomic E-state index is 12.7. The van der Waals surface area contributed by atoms with Crippen LogP contribution in [0.25, 0.3) is 5.69 Å². The summed E-state index contributed by atoms with van der Waals surface area (Å²) in [5.41, 5.74) is 2.99. The molecule has 0 fully saturated rings. The van der Waals surface area contributed by atoms with Crippen molar-refractivity contribution >= 4 is 5.91 Å². The number of allylic oxidation sites excluding steroid dienone is 1. The molecular formula is C23H26N4O3. The molecular weight excluding hydrogens is 380 g/mol. The van der Waals surface area contributed by atoms with Gasteiger partial charge in [-0.2, -0.15) is 5.10 Å². The Morgan fingerprint density at radius 2 is 2.00 bits per heavy atom. The molecule has 0 bridgehead atoms. The number of benzene rings is 2. The number of nitrogens with zero attached hydrogens (tertiary/aromatic N) is 4. The van der Waals surface area contributed by atoms with Crippen LogP contribution in [0.3, 0.4) is 0 Å². The van der Waals surface area contributed by atoms with Gasteiger partial charge in [-0.05, 0) is 48.7 Å². The Labute approximate surface area is 176 Å². The van der Waals surface area contributed by atoms with Gasteiger partial charge in [-0.3, -0.25) is 4.79 Å². The van der Waals surface area contributed by atoms with E-state index in [4.69, 9.17) is 9.47 Å². The molecule has 1 atom stereocenters. The summed E-state index contributed by atoms with van der Waals surface area (Å²) >= 11 is 0. The highest BCUT2D eigenvalue weighted by molar-refractivity contribution is 5.78. The molecule has 0 N–H and O–H groups in total. The normalized spacial score (nSPS) is 11.6. The van der Waals surface area contributed by atoms with Crippen molar-refractivity contribution in [2.45, 2.75) is 19.4 Å². The lowest BCUT2D eigenvalue weighted by Crippen LogP contribution is -2.33. The zero-order valence-corrected chi connectivity index (χ0v) is 17.5. The lowest BCUT2D eigenvalue weighted by Gasteiger charge is -2.25. The predicted molar refractivity (Wildman–Crippen MR) is 115 cm³/mol. The van der Waals surface area contributed by atoms with Crippen molar-refractivity contribution in [3.05, 3.63) is 78.9 Å². The number of carbonyl (C=O) groups excluding carboxylic acids is 1. The van der Waals surface area contributed by atoms with E-state index in [1.165, 1.54) is 6.33 Å². The molecule has 1 heterocycles. The van der Waals surface area contributed by atoms with Gasteiger partial charge in [-0.25, -0.2) is 9.67 Å². The molecule has 0 aliphatic heterocycles. The summed E-state index contributed by atoms with van der Waals surface area (Å²) < 4.78 is 12.8. The Morgan fingerprint density at radius 3 is 2.63 bits per heavy atom. The molecule has 0 aliphatic carbocycles. The van der Waals surface area contributed by atoms with Crippen molar-refractivity contribution < 1.29 is 14.3 Å². The highest BCUT2D eigenvalue weighted by Crippen LogP contribution is 2.28. The minimum Gasteiger partial charge on any atom is -0.493 e. The number of rotatable bonds is 9. The molecule has 0 unspecified atom stereocenters. The first-order chi connectivity index (χ1) is 14.5. The Bertz CT molecular complexity index is 984. The van der Waals surface area contributed by atoms with Crippen LogP contribution in [0, 0.1) is 0 Å². The van der Waals surface area contributed by atoms with Gasteiger partial charge in [0, 0.05) is 7.05 Å². The van der Waals surface area contributed by atoms with Crippen molar-refractivity contribution in [1.29, 1.82) is 0 Å². The van der Waals surface area contributed by atoms with E-state index in [0.717, 1.165) is 23.2 Å². The van der Waals surface area contributed by atoms with Gasteiger partial charge in [0.05, 0.1) is 18.8 Å². The van der Waals surface area contributed by atoms with Gasteiger partial charge in [-0.1, -0.05) is 24.3 Å². The van der Waals surface area contributed by atoms with E-state index in [1.54, 1.807) is 30.1 Å². The Hall–Kier alpha value is -3.61. The second-order valence-electron chi connectivity index (χ2n) is 6.88. The molecule has 0 aliphatic rings. The maximum Gasteiger partial charge on any atom is 0.260 e. The molecule has 7 heteroatoms. The highest BCUT2D eigenvalue weighted by Gasteiger charge is 2.19. The zero-order valence-electron chi connectivity index (χ0n) is 17.5. The van der Waals surface area contributed by atoms with Crippen LogP contribution < -0.4 is 9.47 Å². The second-order valence-corrected chi connectivity index (χ2v) is 6.88. The average molecular weight is 406 g/mol. The van der Waals surface area contributed by atoms with Gasteiger partial charge in [0.25, 0.3) is 5.91 Å². The molecule has 1 aromatic heterocycles. The van der Waals surface area contributed by atoms with Gasteiger partial charge in [0.15, 0.2) is 18.1 Å². The fourth-order valence-corrected chi connectivity index (χ4v) is 3.05. The molecule has 1 amide bonds. The zero-order chi connectivity index (χ0) is 21.5. The number of amides is 1. The van der Waals surface area contributed by atoms with Gasteiger partial charge in [-0.15, -0.1) is 6.58 Å². The smallest absolute Gasteiger partial charge is 0.260 e. The Kier molecular flexibility index (Phi) is 6.85. The summed E-state index contributed by atoms with van der Waals surface area (Å²) in [5.74, 6) is 1.01. The highest BCUT2D eigenvalue weighted by atomic mass is 16.5. The van der Waals surface area contributed by atoms with Crippen LogP contribution in [0.1, 0.15) is 24.1 Å². The number of aromatic nitrogens is 3. The lowest BCUT2D eigenvalue weighted by molar-refractivity contribution is -0.134. The monoisotopic (exact) mass is 406 g/mol. The fraction of sp³-hybridized carbons (Fsp3) is 0.261. The molecule has 3 aromatic rings. The van der Waals surface area contributed by atoms with E-state index in [0.29, 0.717) is 11.5 Å². The number of ether oxygens (including phenoxy) is 2. The summed E-state index contributed by atoms with van der Waals surface area (Å²) in [4.78, 5) is 18.3. The third kappa shape index (κ3) is 4.86. The van der Waals surface area contributed by atoms with E-state index >= 15 is 0 Å². The largest absolute Gasteiger partial charge is 0.493 e. The fourth-order valence-electron chi connectivity index (χ4n) is 3.05. The second kappa shape index (κ2) is 9.73. The standard InChI is InChI=1S/C23H26N4O3/c1-5-6-18-7-12-21(22(13-18)29-4)30-14-23(28)26(3)17(2)19-8-10-20(11-9-19)27-16-24-15-25-27/h5,7-13,15-17H,1,6,14H2,2-4H3/t17-/m1/s1. The van der Waals surface area contributed by atoms with Crippen LogP contribution in [0.15, 0.2) is 67.8 Å². The quantitative estimate of drug-likeness (QED) is 0.508. The minimum atomic E-state index is -0.125. The summed E-state index contributed by atoms with van der Waals surface area (Å²) in [6.45, 7) is 5.65. The number of hydrogen-bond donors (Lipinski definition) is 0. The molecule has 0 saturated heterocycles. The first-order valence-corrected chi connectivity index (χ1v) is 9.64. The maximum atomic E-state index is 12.7. The van der Waals surface area contributed by atoms with Crippen LogP contribution in [-0.2, 0) is 11.2 Å². The summed E-state index contributed by atoms with van der Waals surface area (Å²) in [7, 11) is 3.35. The Morgan fingerprint density at radius 1 is 1.23 bits per heavy atom. The number of likely N-dealkylation sites (N-methyl/N-ethyl adjacent to an activating group) is 1. The third-order valence-corrected chi connectivity index (χ3v) is 4.99.